The van der Waals surface area contributed by atoms with Gasteiger partial charge in [-0.05, 0) is 39.8 Å². The minimum atomic E-state index is -0.566. The van der Waals surface area contributed by atoms with E-state index in [2.05, 4.69) is 14.9 Å². The predicted octanol–water partition coefficient (Wildman–Crippen LogP) is 1.93. The van der Waals surface area contributed by atoms with E-state index in [1.54, 1.807) is 0 Å². The van der Waals surface area contributed by atoms with Gasteiger partial charge in [-0.25, -0.2) is 9.97 Å². The highest BCUT2D eigenvalue weighted by Gasteiger charge is 2.38. The van der Waals surface area contributed by atoms with Gasteiger partial charge in [0.2, 0.25) is 11.7 Å². The van der Waals surface area contributed by atoms with Crippen molar-refractivity contribution in [2.75, 3.05) is 20.2 Å². The molecule has 1 aromatic heterocycles. The number of methoxy groups -OCH3 is 1. The van der Waals surface area contributed by atoms with Crippen LogP contribution in [0.15, 0.2) is 12.4 Å². The number of carbonyl (C=O) groups excluding carboxylic acids is 1. The van der Waals surface area contributed by atoms with E-state index >= 15 is 0 Å². The number of nitrogens with zero attached hydrogens (tertiary/aromatic N) is 3. The highest BCUT2D eigenvalue weighted by molar-refractivity contribution is 6.02. The zero-order valence-electron chi connectivity index (χ0n) is 11.8. The quantitative estimate of drug-likeness (QED) is 0.777. The largest absolute Gasteiger partial charge is 0.479 e. The summed E-state index contributed by atoms with van der Waals surface area (Å²) in [7, 11) is 1.51. The number of ketones is 1. The van der Waals surface area contributed by atoms with Gasteiger partial charge in [0.05, 0.1) is 12.6 Å². The Morgan fingerprint density at radius 1 is 1.21 bits per heavy atom. The third-order valence-electron chi connectivity index (χ3n) is 3.78. The smallest absolute Gasteiger partial charge is 0.243 e. The van der Waals surface area contributed by atoms with Crippen LogP contribution >= 0.6 is 0 Å². The molecule has 1 aromatic rings. The molecular weight excluding hydrogens is 242 g/mol. The highest BCUT2D eigenvalue weighted by atomic mass is 16.5. The number of hydrogen-bond acceptors (Lipinski definition) is 5. The second-order valence-corrected chi connectivity index (χ2v) is 5.35. The first-order valence-electron chi connectivity index (χ1n) is 6.72. The number of likely N-dealkylation sites (tertiary alicyclic amines) is 1. The van der Waals surface area contributed by atoms with Crippen molar-refractivity contribution in [3.8, 4) is 5.88 Å². The van der Waals surface area contributed by atoms with Gasteiger partial charge in [-0.3, -0.25) is 9.69 Å². The molecule has 2 rings (SSSR count). The maximum Gasteiger partial charge on any atom is 0.243 e. The van der Waals surface area contributed by atoms with Crippen molar-refractivity contribution < 1.29 is 9.53 Å². The summed E-state index contributed by atoms with van der Waals surface area (Å²) >= 11 is 0. The van der Waals surface area contributed by atoms with E-state index in [1.807, 2.05) is 13.8 Å². The summed E-state index contributed by atoms with van der Waals surface area (Å²) in [5.74, 6) is 0.275. The lowest BCUT2D eigenvalue weighted by Crippen LogP contribution is -2.52. The van der Waals surface area contributed by atoms with Gasteiger partial charge >= 0.3 is 0 Å². The normalized spacial score (nSPS) is 17.2. The molecule has 0 spiro atoms. The van der Waals surface area contributed by atoms with Gasteiger partial charge < -0.3 is 4.74 Å². The van der Waals surface area contributed by atoms with Crippen molar-refractivity contribution in [1.29, 1.82) is 0 Å². The highest BCUT2D eigenvalue weighted by Crippen LogP contribution is 2.26. The number of piperidine rings is 1. The molecular formula is C14H21N3O2. The van der Waals surface area contributed by atoms with E-state index in [0.29, 0.717) is 11.6 Å². The van der Waals surface area contributed by atoms with Gasteiger partial charge in [-0.15, -0.1) is 0 Å². The van der Waals surface area contributed by atoms with Crippen LogP contribution in [0.1, 0.15) is 43.6 Å². The number of ether oxygens (including phenoxy) is 1. The van der Waals surface area contributed by atoms with Gasteiger partial charge in [-0.1, -0.05) is 6.42 Å². The minimum absolute atomic E-state index is 0.0284. The predicted molar refractivity (Wildman–Crippen MR) is 72.4 cm³/mol. The summed E-state index contributed by atoms with van der Waals surface area (Å²) in [5, 5.41) is 0. The number of rotatable bonds is 4. The van der Waals surface area contributed by atoms with Crippen LogP contribution in [-0.2, 0) is 0 Å². The van der Waals surface area contributed by atoms with Crippen LogP contribution in [0, 0.1) is 0 Å². The number of Topliss-reactive ketones (excluding diaryl/α,β-unsaturated/α-hetero) is 1. The Hall–Kier alpha value is -1.49. The van der Waals surface area contributed by atoms with Gasteiger partial charge in [0.15, 0.2) is 5.69 Å². The molecule has 1 fully saturated rings. The molecule has 0 aromatic carbocycles. The fourth-order valence-corrected chi connectivity index (χ4v) is 2.52. The van der Waals surface area contributed by atoms with Crippen LogP contribution in [0.2, 0.25) is 0 Å². The van der Waals surface area contributed by atoms with E-state index in [9.17, 15) is 4.79 Å². The molecule has 19 heavy (non-hydrogen) atoms. The summed E-state index contributed by atoms with van der Waals surface area (Å²) < 4.78 is 5.14. The molecule has 5 heteroatoms. The molecule has 1 aliphatic rings. The molecule has 1 aliphatic heterocycles. The second kappa shape index (κ2) is 5.65. The average molecular weight is 263 g/mol. The van der Waals surface area contributed by atoms with Crippen molar-refractivity contribution in [2.24, 2.45) is 0 Å². The third-order valence-corrected chi connectivity index (χ3v) is 3.78. The minimum Gasteiger partial charge on any atom is -0.479 e. The Balaban J connectivity index is 2.26. The summed E-state index contributed by atoms with van der Waals surface area (Å²) in [4.78, 5) is 23.2. The Kier molecular flexibility index (Phi) is 4.14. The lowest BCUT2D eigenvalue weighted by atomic mass is 9.92. The van der Waals surface area contributed by atoms with E-state index in [4.69, 9.17) is 4.74 Å². The SMILES string of the molecule is COc1nccnc1C(=O)C(C)(C)N1CCCCC1. The number of carbonyl (C=O) groups is 1. The number of aromatic nitrogens is 2. The number of hydrogen-bond donors (Lipinski definition) is 0. The Labute approximate surface area is 114 Å². The van der Waals surface area contributed by atoms with Crippen LogP contribution in [0.3, 0.4) is 0 Å². The second-order valence-electron chi connectivity index (χ2n) is 5.35. The van der Waals surface area contributed by atoms with Gasteiger partial charge in [0.25, 0.3) is 0 Å². The molecule has 0 bridgehead atoms. The van der Waals surface area contributed by atoms with Crippen LogP contribution in [-0.4, -0.2) is 46.4 Å². The van der Waals surface area contributed by atoms with Crippen LogP contribution in [0.5, 0.6) is 5.88 Å². The fourth-order valence-electron chi connectivity index (χ4n) is 2.52. The third kappa shape index (κ3) is 2.76. The van der Waals surface area contributed by atoms with Gasteiger partial charge in [0, 0.05) is 12.4 Å². The molecule has 0 saturated carbocycles. The van der Waals surface area contributed by atoms with Crippen LogP contribution < -0.4 is 4.74 Å². The lowest BCUT2D eigenvalue weighted by molar-refractivity contribution is 0.0570. The van der Waals surface area contributed by atoms with Crippen molar-refractivity contribution in [2.45, 2.75) is 38.6 Å². The molecule has 0 amide bonds. The summed E-state index contributed by atoms with van der Waals surface area (Å²) in [6, 6.07) is 0. The van der Waals surface area contributed by atoms with Crippen LogP contribution in [0.25, 0.3) is 0 Å². The van der Waals surface area contributed by atoms with E-state index in [1.165, 1.54) is 25.9 Å². The molecule has 1 saturated heterocycles. The first kappa shape index (κ1) is 13.9. The monoisotopic (exact) mass is 263 g/mol. The van der Waals surface area contributed by atoms with Crippen molar-refractivity contribution in [3.05, 3.63) is 18.1 Å². The standard InChI is InChI=1S/C14H21N3O2/c1-14(2,17-9-5-4-6-10-17)12(18)11-13(19-3)16-8-7-15-11/h7-8H,4-6,9-10H2,1-3H3. The molecule has 5 nitrogen and oxygen atoms in total. The molecule has 0 aliphatic carbocycles. The summed E-state index contributed by atoms with van der Waals surface area (Å²) in [6.07, 6.45) is 6.60. The first-order valence-corrected chi connectivity index (χ1v) is 6.72. The Morgan fingerprint density at radius 3 is 2.47 bits per heavy atom. The van der Waals surface area contributed by atoms with E-state index in [0.717, 1.165) is 25.9 Å². The Bertz CT molecular complexity index is 454. The molecule has 0 radical (unpaired) electrons. The Morgan fingerprint density at radius 2 is 1.84 bits per heavy atom. The van der Waals surface area contributed by atoms with Gasteiger partial charge in [-0.2, -0.15) is 0 Å². The molecule has 0 atom stereocenters. The molecule has 2 heterocycles. The zero-order valence-corrected chi connectivity index (χ0v) is 11.8. The average Bonchev–Trinajstić information content (AvgIpc) is 2.47. The molecule has 0 N–H and O–H groups in total. The van der Waals surface area contributed by atoms with Crippen molar-refractivity contribution >= 4 is 5.78 Å². The first-order chi connectivity index (χ1) is 9.07. The topological polar surface area (TPSA) is 55.3 Å². The molecule has 104 valence electrons. The van der Waals surface area contributed by atoms with Crippen molar-refractivity contribution in [3.63, 3.8) is 0 Å². The maximum atomic E-state index is 12.7. The molecule has 0 unspecified atom stereocenters. The maximum absolute atomic E-state index is 12.7. The summed E-state index contributed by atoms with van der Waals surface area (Å²) in [5.41, 5.74) is -0.246. The zero-order chi connectivity index (χ0) is 13.9. The van der Waals surface area contributed by atoms with Gasteiger partial charge in [0.1, 0.15) is 0 Å². The summed E-state index contributed by atoms with van der Waals surface area (Å²) in [6.45, 7) is 5.83. The fraction of sp³-hybridized carbons (Fsp3) is 0.643. The lowest BCUT2D eigenvalue weighted by Gasteiger charge is -2.39. The van der Waals surface area contributed by atoms with Crippen molar-refractivity contribution in [1.82, 2.24) is 14.9 Å². The van der Waals surface area contributed by atoms with E-state index < -0.39 is 5.54 Å². The van der Waals surface area contributed by atoms with E-state index in [-0.39, 0.29) is 5.78 Å². The van der Waals surface area contributed by atoms with Crippen LogP contribution in [0.4, 0.5) is 0 Å².